The molecule has 96 valence electrons. The Morgan fingerprint density at radius 1 is 1.00 bits per heavy atom. The molecule has 1 N–H and O–H groups in total. The third kappa shape index (κ3) is 1.58. The van der Waals surface area contributed by atoms with Crippen LogP contribution in [0.2, 0.25) is 0 Å². The van der Waals surface area contributed by atoms with Crippen LogP contribution in [-0.2, 0) is 12.8 Å². The van der Waals surface area contributed by atoms with Gasteiger partial charge in [-0.3, -0.25) is 0 Å². The predicted octanol–water partition coefficient (Wildman–Crippen LogP) is 3.40. The molecule has 0 saturated carbocycles. The Balaban J connectivity index is 1.89. The predicted molar refractivity (Wildman–Crippen MR) is 76.6 cm³/mol. The molecule has 0 aromatic heterocycles. The Morgan fingerprint density at radius 3 is 2.74 bits per heavy atom. The number of hydrogen-bond acceptors (Lipinski definition) is 1. The standard InChI is InChI=1S/C18H18O/c19-9-8-12-5-3-7-16-17-11-14(18(12)16)10-13-4-1-2-6-15(13)17/h1-7,14,17,19H,8-11H2. The smallest absolute Gasteiger partial charge is 0.0471 e. The zero-order valence-corrected chi connectivity index (χ0v) is 11.0. The van der Waals surface area contributed by atoms with Gasteiger partial charge >= 0.3 is 0 Å². The summed E-state index contributed by atoms with van der Waals surface area (Å²) in [6.45, 7) is 0.251. The Kier molecular flexibility index (Phi) is 2.49. The third-order valence-electron chi connectivity index (χ3n) is 4.81. The van der Waals surface area contributed by atoms with E-state index in [0.717, 1.165) is 6.42 Å². The Labute approximate surface area is 113 Å². The maximum absolute atomic E-state index is 9.27. The molecule has 2 atom stereocenters. The Morgan fingerprint density at radius 2 is 1.84 bits per heavy atom. The summed E-state index contributed by atoms with van der Waals surface area (Å²) in [7, 11) is 0. The molecule has 2 aliphatic rings. The van der Waals surface area contributed by atoms with Crippen molar-refractivity contribution in [1.29, 1.82) is 0 Å². The quantitative estimate of drug-likeness (QED) is 0.866. The highest BCUT2D eigenvalue weighted by Crippen LogP contribution is 2.52. The lowest BCUT2D eigenvalue weighted by molar-refractivity contribution is 0.299. The Bertz CT molecular complexity index is 629. The summed E-state index contributed by atoms with van der Waals surface area (Å²) in [5, 5.41) is 9.27. The molecule has 19 heavy (non-hydrogen) atoms. The topological polar surface area (TPSA) is 20.2 Å². The van der Waals surface area contributed by atoms with Crippen LogP contribution in [0.1, 0.15) is 46.1 Å². The summed E-state index contributed by atoms with van der Waals surface area (Å²) >= 11 is 0. The van der Waals surface area contributed by atoms with Gasteiger partial charge in [-0.15, -0.1) is 0 Å². The molecule has 2 aliphatic carbocycles. The second kappa shape index (κ2) is 4.21. The summed E-state index contributed by atoms with van der Waals surface area (Å²) in [4.78, 5) is 0. The fraction of sp³-hybridized carbons (Fsp3) is 0.333. The van der Waals surface area contributed by atoms with E-state index >= 15 is 0 Å². The Hall–Kier alpha value is -1.60. The van der Waals surface area contributed by atoms with E-state index in [1.165, 1.54) is 40.7 Å². The van der Waals surface area contributed by atoms with Crippen LogP contribution >= 0.6 is 0 Å². The van der Waals surface area contributed by atoms with Crippen molar-refractivity contribution in [3.05, 3.63) is 70.3 Å². The number of fused-ring (bicyclic) bond motifs is 7. The summed E-state index contributed by atoms with van der Waals surface area (Å²) in [5.74, 6) is 1.25. The van der Waals surface area contributed by atoms with Gasteiger partial charge in [0, 0.05) is 12.5 Å². The minimum Gasteiger partial charge on any atom is -0.396 e. The largest absolute Gasteiger partial charge is 0.396 e. The van der Waals surface area contributed by atoms with Gasteiger partial charge in [0.2, 0.25) is 0 Å². The molecule has 2 aromatic carbocycles. The van der Waals surface area contributed by atoms with Gasteiger partial charge in [-0.25, -0.2) is 0 Å². The van der Waals surface area contributed by atoms with Gasteiger partial charge in [-0.1, -0.05) is 42.5 Å². The molecule has 2 bridgehead atoms. The molecule has 0 fully saturated rings. The molecule has 2 unspecified atom stereocenters. The van der Waals surface area contributed by atoms with Crippen molar-refractivity contribution in [2.45, 2.75) is 31.1 Å². The van der Waals surface area contributed by atoms with Gasteiger partial charge in [0.05, 0.1) is 0 Å². The van der Waals surface area contributed by atoms with Crippen LogP contribution in [0, 0.1) is 0 Å². The number of hydrogen-bond donors (Lipinski definition) is 1. The van der Waals surface area contributed by atoms with Crippen molar-refractivity contribution in [3.63, 3.8) is 0 Å². The lowest BCUT2D eigenvalue weighted by atomic mass is 9.81. The number of rotatable bonds is 2. The minimum absolute atomic E-state index is 0.251. The van der Waals surface area contributed by atoms with Crippen molar-refractivity contribution >= 4 is 0 Å². The molecule has 0 saturated heterocycles. The monoisotopic (exact) mass is 250 g/mol. The van der Waals surface area contributed by atoms with Crippen LogP contribution in [0.3, 0.4) is 0 Å². The first kappa shape index (κ1) is 11.2. The van der Waals surface area contributed by atoms with Gasteiger partial charge < -0.3 is 5.11 Å². The molecule has 2 aromatic rings. The average molecular weight is 250 g/mol. The molecule has 0 heterocycles. The van der Waals surface area contributed by atoms with Crippen LogP contribution in [0.5, 0.6) is 0 Å². The normalized spacial score (nSPS) is 23.0. The molecule has 0 amide bonds. The molecule has 0 spiro atoms. The number of aliphatic hydroxyl groups excluding tert-OH is 1. The van der Waals surface area contributed by atoms with Gasteiger partial charge in [0.1, 0.15) is 0 Å². The summed E-state index contributed by atoms with van der Waals surface area (Å²) in [5.41, 5.74) is 7.47. The second-order valence-corrected chi connectivity index (χ2v) is 5.78. The van der Waals surface area contributed by atoms with Crippen LogP contribution < -0.4 is 0 Å². The SMILES string of the molecule is OCCc1cccc2c1C1Cc3ccccc3C2C1. The van der Waals surface area contributed by atoms with E-state index in [4.69, 9.17) is 0 Å². The molecule has 0 radical (unpaired) electrons. The molecule has 4 rings (SSSR count). The first-order chi connectivity index (χ1) is 9.38. The maximum Gasteiger partial charge on any atom is 0.0471 e. The fourth-order valence-electron chi connectivity index (χ4n) is 4.11. The van der Waals surface area contributed by atoms with E-state index in [1.807, 2.05) is 0 Å². The average Bonchev–Trinajstić information content (AvgIpc) is 2.75. The summed E-state index contributed by atoms with van der Waals surface area (Å²) in [6, 6.07) is 15.5. The first-order valence-corrected chi connectivity index (χ1v) is 7.19. The zero-order valence-electron chi connectivity index (χ0n) is 11.0. The van der Waals surface area contributed by atoms with Crippen LogP contribution in [-0.4, -0.2) is 11.7 Å². The highest BCUT2D eigenvalue weighted by molar-refractivity contribution is 5.54. The highest BCUT2D eigenvalue weighted by Gasteiger charge is 2.38. The third-order valence-corrected chi connectivity index (χ3v) is 4.81. The minimum atomic E-state index is 0.251. The van der Waals surface area contributed by atoms with Gasteiger partial charge in [0.25, 0.3) is 0 Å². The number of aliphatic hydroxyl groups is 1. The second-order valence-electron chi connectivity index (χ2n) is 5.78. The van der Waals surface area contributed by atoms with Gasteiger partial charge in [-0.05, 0) is 53.0 Å². The van der Waals surface area contributed by atoms with Gasteiger partial charge in [0.15, 0.2) is 0 Å². The summed E-state index contributed by atoms with van der Waals surface area (Å²) in [6.07, 6.45) is 3.22. The van der Waals surface area contributed by atoms with E-state index in [9.17, 15) is 5.11 Å². The molecular weight excluding hydrogens is 232 g/mol. The van der Waals surface area contributed by atoms with Crippen molar-refractivity contribution in [2.24, 2.45) is 0 Å². The zero-order chi connectivity index (χ0) is 12.8. The van der Waals surface area contributed by atoms with E-state index in [2.05, 4.69) is 42.5 Å². The number of benzene rings is 2. The van der Waals surface area contributed by atoms with Crippen LogP contribution in [0.4, 0.5) is 0 Å². The van der Waals surface area contributed by atoms with Crippen molar-refractivity contribution in [3.8, 4) is 0 Å². The van der Waals surface area contributed by atoms with Crippen LogP contribution in [0.25, 0.3) is 0 Å². The van der Waals surface area contributed by atoms with E-state index in [1.54, 1.807) is 0 Å². The van der Waals surface area contributed by atoms with Crippen molar-refractivity contribution in [1.82, 2.24) is 0 Å². The summed E-state index contributed by atoms with van der Waals surface area (Å²) < 4.78 is 0. The fourth-order valence-corrected chi connectivity index (χ4v) is 4.11. The molecular formula is C18H18O. The van der Waals surface area contributed by atoms with Crippen molar-refractivity contribution < 1.29 is 5.11 Å². The van der Waals surface area contributed by atoms with E-state index in [0.29, 0.717) is 11.8 Å². The molecule has 1 heteroatoms. The van der Waals surface area contributed by atoms with E-state index in [-0.39, 0.29) is 6.61 Å². The van der Waals surface area contributed by atoms with E-state index < -0.39 is 0 Å². The molecule has 1 nitrogen and oxygen atoms in total. The first-order valence-electron chi connectivity index (χ1n) is 7.19. The molecule has 0 aliphatic heterocycles. The van der Waals surface area contributed by atoms with Gasteiger partial charge in [-0.2, -0.15) is 0 Å². The van der Waals surface area contributed by atoms with Crippen molar-refractivity contribution in [2.75, 3.05) is 6.61 Å². The maximum atomic E-state index is 9.27. The lowest BCUT2D eigenvalue weighted by Crippen LogP contribution is -2.10. The lowest BCUT2D eigenvalue weighted by Gasteiger charge is -2.23. The highest BCUT2D eigenvalue weighted by atomic mass is 16.2. The van der Waals surface area contributed by atoms with Crippen LogP contribution in [0.15, 0.2) is 42.5 Å².